The summed E-state index contributed by atoms with van der Waals surface area (Å²) < 4.78 is 0. The molecule has 0 bridgehead atoms. The highest BCUT2D eigenvalue weighted by atomic mass is 16.3. The molecular formula is C9H15N3O3. The number of rotatable bonds is 4. The minimum atomic E-state index is -0.882. The third kappa shape index (κ3) is 3.03. The van der Waals surface area contributed by atoms with Gasteiger partial charge in [0.15, 0.2) is 0 Å². The molecule has 4 N–H and O–H groups in total. The second kappa shape index (κ2) is 4.41. The second-order valence-electron chi connectivity index (χ2n) is 3.72. The third-order valence-corrected chi connectivity index (χ3v) is 1.99. The maximum absolute atomic E-state index is 11.1. The first-order valence-electron chi connectivity index (χ1n) is 4.57. The van der Waals surface area contributed by atoms with Crippen LogP contribution in [0.1, 0.15) is 12.7 Å². The molecule has 0 spiro atoms. The fourth-order valence-electron chi connectivity index (χ4n) is 1.08. The first-order valence-corrected chi connectivity index (χ1v) is 4.57. The number of aliphatic hydroxyl groups is 2. The van der Waals surface area contributed by atoms with E-state index in [1.165, 1.54) is 6.07 Å². The molecule has 6 heteroatoms. The van der Waals surface area contributed by atoms with Gasteiger partial charge < -0.3 is 20.5 Å². The summed E-state index contributed by atoms with van der Waals surface area (Å²) in [6, 6.07) is 1.27. The van der Waals surface area contributed by atoms with Gasteiger partial charge in [-0.3, -0.25) is 4.79 Å². The Morgan fingerprint density at radius 1 is 1.53 bits per heavy atom. The van der Waals surface area contributed by atoms with Crippen LogP contribution in [0.2, 0.25) is 0 Å². The van der Waals surface area contributed by atoms with Crippen molar-refractivity contribution in [2.24, 2.45) is 0 Å². The Balaban J connectivity index is 2.93. The lowest BCUT2D eigenvalue weighted by molar-refractivity contribution is 0.147. The van der Waals surface area contributed by atoms with E-state index in [9.17, 15) is 4.79 Å². The maximum Gasteiger partial charge on any atom is 0.252 e. The van der Waals surface area contributed by atoms with Crippen molar-refractivity contribution in [3.63, 3.8) is 0 Å². The number of aromatic amines is 1. The van der Waals surface area contributed by atoms with Gasteiger partial charge >= 0.3 is 0 Å². The van der Waals surface area contributed by atoms with E-state index in [-0.39, 0.29) is 18.8 Å². The minimum absolute atomic E-state index is 0.253. The molecule has 0 aliphatic heterocycles. The van der Waals surface area contributed by atoms with Gasteiger partial charge in [-0.2, -0.15) is 0 Å². The number of hydrogen-bond donors (Lipinski definition) is 4. The lowest BCUT2D eigenvalue weighted by atomic mass is 10.1. The monoisotopic (exact) mass is 213 g/mol. The van der Waals surface area contributed by atoms with Crippen molar-refractivity contribution in [3.05, 3.63) is 22.2 Å². The van der Waals surface area contributed by atoms with Crippen LogP contribution < -0.4 is 10.9 Å². The molecule has 0 aliphatic carbocycles. The van der Waals surface area contributed by atoms with Gasteiger partial charge in [0.2, 0.25) is 0 Å². The van der Waals surface area contributed by atoms with E-state index < -0.39 is 5.54 Å². The van der Waals surface area contributed by atoms with Crippen molar-refractivity contribution in [1.29, 1.82) is 0 Å². The summed E-state index contributed by atoms with van der Waals surface area (Å²) in [5.41, 5.74) is -1.16. The molecular weight excluding hydrogens is 198 g/mol. The number of H-pyrrole nitrogens is 1. The highest BCUT2D eigenvalue weighted by Crippen LogP contribution is 2.10. The Bertz CT molecular complexity index is 384. The Labute approximate surface area is 87.0 Å². The molecule has 0 atom stereocenters. The third-order valence-electron chi connectivity index (χ3n) is 1.99. The Morgan fingerprint density at radius 2 is 2.13 bits per heavy atom. The quantitative estimate of drug-likeness (QED) is 0.526. The Morgan fingerprint density at radius 3 is 2.60 bits per heavy atom. The molecule has 0 radical (unpaired) electrons. The lowest BCUT2D eigenvalue weighted by Gasteiger charge is -2.26. The summed E-state index contributed by atoms with van der Waals surface area (Å²) in [7, 11) is 0. The zero-order chi connectivity index (χ0) is 11.5. The lowest BCUT2D eigenvalue weighted by Crippen LogP contribution is -2.43. The number of nitrogens with one attached hydrogen (secondary N) is 2. The van der Waals surface area contributed by atoms with Crippen LogP contribution >= 0.6 is 0 Å². The number of anilines is 1. The smallest absolute Gasteiger partial charge is 0.252 e. The van der Waals surface area contributed by atoms with Crippen molar-refractivity contribution in [2.45, 2.75) is 19.4 Å². The molecule has 1 rings (SSSR count). The van der Waals surface area contributed by atoms with Gasteiger partial charge in [0.05, 0.1) is 18.8 Å². The standard InChI is InChI=1S/C9H15N3O3/c1-6-10-7(3-8(15)11-6)12-9(2,4-13)5-14/h3,13-14H,4-5H2,1-2H3,(H2,10,11,12,15). The zero-order valence-corrected chi connectivity index (χ0v) is 8.74. The van der Waals surface area contributed by atoms with Crippen LogP contribution in [-0.2, 0) is 0 Å². The summed E-state index contributed by atoms with van der Waals surface area (Å²) in [5, 5.41) is 20.9. The van der Waals surface area contributed by atoms with E-state index in [4.69, 9.17) is 10.2 Å². The molecule has 0 aliphatic rings. The molecule has 0 aromatic carbocycles. The molecule has 1 aromatic rings. The number of aromatic nitrogens is 2. The van der Waals surface area contributed by atoms with E-state index in [1.807, 2.05) is 0 Å². The molecule has 0 unspecified atom stereocenters. The van der Waals surface area contributed by atoms with Crippen LogP contribution in [0.4, 0.5) is 5.82 Å². The summed E-state index contributed by atoms with van der Waals surface area (Å²) in [5.74, 6) is 0.810. The second-order valence-corrected chi connectivity index (χ2v) is 3.72. The molecule has 6 nitrogen and oxygen atoms in total. The average Bonchev–Trinajstić information content (AvgIpc) is 2.16. The molecule has 0 amide bonds. The topological polar surface area (TPSA) is 98.2 Å². The van der Waals surface area contributed by atoms with Gasteiger partial charge in [0.25, 0.3) is 5.56 Å². The predicted molar refractivity (Wildman–Crippen MR) is 55.8 cm³/mol. The summed E-state index contributed by atoms with van der Waals surface area (Å²) in [6.45, 7) is 2.78. The predicted octanol–water partition coefficient (Wildman–Crippen LogP) is -0.766. The van der Waals surface area contributed by atoms with Crippen LogP contribution in [-0.4, -0.2) is 38.9 Å². The Hall–Kier alpha value is -1.40. The van der Waals surface area contributed by atoms with Gasteiger partial charge in [-0.15, -0.1) is 0 Å². The van der Waals surface area contributed by atoms with E-state index in [0.29, 0.717) is 11.6 Å². The van der Waals surface area contributed by atoms with Gasteiger partial charge in [-0.1, -0.05) is 0 Å². The number of aliphatic hydroxyl groups excluding tert-OH is 2. The highest BCUT2D eigenvalue weighted by Gasteiger charge is 2.22. The molecule has 1 heterocycles. The molecule has 1 aromatic heterocycles. The van der Waals surface area contributed by atoms with Gasteiger partial charge in [0.1, 0.15) is 11.6 Å². The fraction of sp³-hybridized carbons (Fsp3) is 0.556. The Kier molecular flexibility index (Phi) is 3.43. The number of aryl methyl sites for hydroxylation is 1. The largest absolute Gasteiger partial charge is 0.394 e. The first-order chi connectivity index (χ1) is 6.99. The van der Waals surface area contributed by atoms with E-state index >= 15 is 0 Å². The van der Waals surface area contributed by atoms with Gasteiger partial charge in [0, 0.05) is 6.07 Å². The molecule has 0 saturated carbocycles. The van der Waals surface area contributed by atoms with Crippen LogP contribution in [0.15, 0.2) is 10.9 Å². The maximum atomic E-state index is 11.1. The van der Waals surface area contributed by atoms with E-state index in [2.05, 4.69) is 15.3 Å². The molecule has 0 saturated heterocycles. The van der Waals surface area contributed by atoms with Crippen molar-refractivity contribution < 1.29 is 10.2 Å². The molecule has 84 valence electrons. The summed E-state index contributed by atoms with van der Waals surface area (Å²) in [4.78, 5) is 17.6. The van der Waals surface area contributed by atoms with E-state index in [1.54, 1.807) is 13.8 Å². The van der Waals surface area contributed by atoms with Crippen molar-refractivity contribution in [1.82, 2.24) is 9.97 Å². The van der Waals surface area contributed by atoms with Gasteiger partial charge in [-0.25, -0.2) is 4.98 Å². The van der Waals surface area contributed by atoms with Crippen molar-refractivity contribution in [2.75, 3.05) is 18.5 Å². The molecule has 0 fully saturated rings. The van der Waals surface area contributed by atoms with Crippen LogP contribution in [0.5, 0.6) is 0 Å². The highest BCUT2D eigenvalue weighted by molar-refractivity contribution is 5.36. The first kappa shape index (κ1) is 11.7. The summed E-state index contributed by atoms with van der Waals surface area (Å²) in [6.07, 6.45) is 0. The SMILES string of the molecule is Cc1nc(NC(C)(CO)CO)cc(=O)[nH]1. The number of nitrogens with zero attached hydrogens (tertiary/aromatic N) is 1. The number of hydrogen-bond acceptors (Lipinski definition) is 5. The molecule has 15 heavy (non-hydrogen) atoms. The van der Waals surface area contributed by atoms with Crippen LogP contribution in [0.3, 0.4) is 0 Å². The fourth-order valence-corrected chi connectivity index (χ4v) is 1.08. The van der Waals surface area contributed by atoms with E-state index in [0.717, 1.165) is 0 Å². The van der Waals surface area contributed by atoms with Crippen molar-refractivity contribution in [3.8, 4) is 0 Å². The summed E-state index contributed by atoms with van der Waals surface area (Å²) >= 11 is 0. The van der Waals surface area contributed by atoms with Gasteiger partial charge in [-0.05, 0) is 13.8 Å². The minimum Gasteiger partial charge on any atom is -0.394 e. The van der Waals surface area contributed by atoms with Crippen molar-refractivity contribution >= 4 is 5.82 Å². The van der Waals surface area contributed by atoms with Crippen LogP contribution in [0.25, 0.3) is 0 Å². The average molecular weight is 213 g/mol. The van der Waals surface area contributed by atoms with Crippen LogP contribution in [0, 0.1) is 6.92 Å². The normalized spacial score (nSPS) is 11.5. The zero-order valence-electron chi connectivity index (χ0n) is 8.74.